The molecule has 1 unspecified atom stereocenters. The predicted octanol–water partition coefficient (Wildman–Crippen LogP) is 6.16. The summed E-state index contributed by atoms with van der Waals surface area (Å²) < 4.78 is 2.08. The van der Waals surface area contributed by atoms with Crippen LogP contribution in [-0.2, 0) is 6.42 Å². The molecule has 2 aromatic rings. The number of hydrogen-bond donors (Lipinski definition) is 0. The number of hydrogen-bond acceptors (Lipinski definition) is 1. The standard InChI is InChI=1S/C13H11Br2ClS/c1-2-11-3-4-12(17-11)13(16)8-5-9(14)7-10(15)6-8/h3-7,13H,2H2,1H3. The first-order valence-electron chi connectivity index (χ1n) is 5.29. The summed E-state index contributed by atoms with van der Waals surface area (Å²) in [6, 6.07) is 10.4. The van der Waals surface area contributed by atoms with Crippen LogP contribution in [-0.4, -0.2) is 0 Å². The Morgan fingerprint density at radius 1 is 1.18 bits per heavy atom. The van der Waals surface area contributed by atoms with E-state index in [0.29, 0.717) is 0 Å². The van der Waals surface area contributed by atoms with Crippen LogP contribution in [0.5, 0.6) is 0 Å². The van der Waals surface area contributed by atoms with Crippen LogP contribution in [0.15, 0.2) is 39.3 Å². The zero-order valence-corrected chi connectivity index (χ0v) is 14.0. The highest BCUT2D eigenvalue weighted by Crippen LogP contribution is 2.36. The smallest absolute Gasteiger partial charge is 0.0928 e. The van der Waals surface area contributed by atoms with Gasteiger partial charge in [0.25, 0.3) is 0 Å². The van der Waals surface area contributed by atoms with Gasteiger partial charge in [0.1, 0.15) is 0 Å². The van der Waals surface area contributed by atoms with Gasteiger partial charge in [0.05, 0.1) is 5.38 Å². The maximum absolute atomic E-state index is 6.51. The van der Waals surface area contributed by atoms with Crippen molar-refractivity contribution in [3.63, 3.8) is 0 Å². The largest absolute Gasteiger partial charge is 0.143 e. The van der Waals surface area contributed by atoms with Gasteiger partial charge in [0, 0.05) is 18.7 Å². The zero-order valence-electron chi connectivity index (χ0n) is 9.21. The van der Waals surface area contributed by atoms with Crippen molar-refractivity contribution in [1.82, 2.24) is 0 Å². The van der Waals surface area contributed by atoms with E-state index in [9.17, 15) is 0 Å². The number of rotatable bonds is 3. The topological polar surface area (TPSA) is 0 Å². The Labute approximate surface area is 127 Å². The van der Waals surface area contributed by atoms with Crippen LogP contribution in [0, 0.1) is 0 Å². The summed E-state index contributed by atoms with van der Waals surface area (Å²) in [5.41, 5.74) is 1.11. The maximum atomic E-state index is 6.51. The molecule has 17 heavy (non-hydrogen) atoms. The van der Waals surface area contributed by atoms with E-state index < -0.39 is 0 Å². The van der Waals surface area contributed by atoms with Crippen molar-refractivity contribution in [3.05, 3.63) is 54.6 Å². The zero-order chi connectivity index (χ0) is 12.4. The average molecular weight is 395 g/mol. The van der Waals surface area contributed by atoms with E-state index >= 15 is 0 Å². The number of alkyl halides is 1. The molecule has 1 aromatic carbocycles. The lowest BCUT2D eigenvalue weighted by atomic mass is 10.1. The molecular formula is C13H11Br2ClS. The second kappa shape index (κ2) is 5.87. The van der Waals surface area contributed by atoms with Crippen LogP contribution in [0.25, 0.3) is 0 Å². The molecule has 0 saturated heterocycles. The third-order valence-corrected chi connectivity index (χ3v) is 5.28. The molecule has 0 amide bonds. The molecule has 1 atom stereocenters. The molecule has 1 heterocycles. The average Bonchev–Trinajstić information content (AvgIpc) is 2.75. The van der Waals surface area contributed by atoms with Crippen LogP contribution < -0.4 is 0 Å². The molecule has 0 saturated carbocycles. The first-order chi connectivity index (χ1) is 8.10. The molecule has 0 aliphatic carbocycles. The van der Waals surface area contributed by atoms with Gasteiger partial charge in [-0.1, -0.05) is 38.8 Å². The van der Waals surface area contributed by atoms with E-state index in [1.165, 1.54) is 9.75 Å². The SMILES string of the molecule is CCc1ccc(C(Cl)c2cc(Br)cc(Br)c2)s1. The maximum Gasteiger partial charge on any atom is 0.0928 e. The van der Waals surface area contributed by atoms with Gasteiger partial charge < -0.3 is 0 Å². The fourth-order valence-corrected chi connectivity index (χ4v) is 4.23. The van der Waals surface area contributed by atoms with Crippen molar-refractivity contribution >= 4 is 54.8 Å². The fourth-order valence-electron chi connectivity index (χ4n) is 1.61. The Balaban J connectivity index is 2.32. The van der Waals surface area contributed by atoms with E-state index in [1.54, 1.807) is 11.3 Å². The highest BCUT2D eigenvalue weighted by Gasteiger charge is 2.14. The van der Waals surface area contributed by atoms with Gasteiger partial charge in [-0.3, -0.25) is 0 Å². The van der Waals surface area contributed by atoms with Crippen molar-refractivity contribution in [2.45, 2.75) is 18.7 Å². The third-order valence-electron chi connectivity index (χ3n) is 2.46. The second-order valence-corrected chi connectivity index (χ2v) is 7.19. The quantitative estimate of drug-likeness (QED) is 0.547. The summed E-state index contributed by atoms with van der Waals surface area (Å²) in [7, 11) is 0. The predicted molar refractivity (Wildman–Crippen MR) is 83.2 cm³/mol. The molecule has 1 aromatic heterocycles. The van der Waals surface area contributed by atoms with Crippen LogP contribution in [0.3, 0.4) is 0 Å². The van der Waals surface area contributed by atoms with Crippen LogP contribution in [0.1, 0.15) is 27.6 Å². The summed E-state index contributed by atoms with van der Waals surface area (Å²) in [6.45, 7) is 2.16. The highest BCUT2D eigenvalue weighted by atomic mass is 79.9. The van der Waals surface area contributed by atoms with Crippen molar-refractivity contribution < 1.29 is 0 Å². The van der Waals surface area contributed by atoms with E-state index in [4.69, 9.17) is 11.6 Å². The minimum atomic E-state index is -0.0749. The van der Waals surface area contributed by atoms with Crippen molar-refractivity contribution in [2.75, 3.05) is 0 Å². The molecule has 0 nitrogen and oxygen atoms in total. The molecular weight excluding hydrogens is 383 g/mol. The molecule has 0 radical (unpaired) electrons. The van der Waals surface area contributed by atoms with Gasteiger partial charge in [-0.2, -0.15) is 0 Å². The second-order valence-electron chi connectivity index (χ2n) is 3.72. The van der Waals surface area contributed by atoms with E-state index in [0.717, 1.165) is 20.9 Å². The minimum absolute atomic E-state index is 0.0749. The number of halogens is 3. The number of benzene rings is 1. The molecule has 0 bridgehead atoms. The minimum Gasteiger partial charge on any atom is -0.143 e. The molecule has 0 aliphatic heterocycles. The summed E-state index contributed by atoms with van der Waals surface area (Å²) in [5.74, 6) is 0. The first-order valence-corrected chi connectivity index (χ1v) is 8.12. The molecule has 0 aliphatic rings. The van der Waals surface area contributed by atoms with Gasteiger partial charge >= 0.3 is 0 Å². The van der Waals surface area contributed by atoms with E-state index in [1.807, 2.05) is 6.07 Å². The Morgan fingerprint density at radius 3 is 2.35 bits per heavy atom. The van der Waals surface area contributed by atoms with E-state index in [-0.39, 0.29) is 5.38 Å². The number of thiophene rings is 1. The molecule has 0 N–H and O–H groups in total. The molecule has 0 spiro atoms. The Morgan fingerprint density at radius 2 is 1.82 bits per heavy atom. The van der Waals surface area contributed by atoms with Crippen molar-refractivity contribution in [1.29, 1.82) is 0 Å². The first kappa shape index (κ1) is 13.6. The van der Waals surface area contributed by atoms with Crippen LogP contribution in [0.4, 0.5) is 0 Å². The van der Waals surface area contributed by atoms with Gasteiger partial charge in [0.2, 0.25) is 0 Å². The fraction of sp³-hybridized carbons (Fsp3) is 0.231. The van der Waals surface area contributed by atoms with Gasteiger partial charge in [-0.05, 0) is 42.3 Å². The van der Waals surface area contributed by atoms with Gasteiger partial charge in [-0.15, -0.1) is 22.9 Å². The lowest BCUT2D eigenvalue weighted by molar-refractivity contribution is 1.18. The van der Waals surface area contributed by atoms with E-state index in [2.05, 4.69) is 63.0 Å². The van der Waals surface area contributed by atoms with Gasteiger partial charge in [-0.25, -0.2) is 0 Å². The lowest BCUT2D eigenvalue weighted by Gasteiger charge is -2.09. The van der Waals surface area contributed by atoms with Crippen LogP contribution in [0.2, 0.25) is 0 Å². The third kappa shape index (κ3) is 3.34. The van der Waals surface area contributed by atoms with Gasteiger partial charge in [0.15, 0.2) is 0 Å². The Bertz CT molecular complexity index is 502. The molecule has 4 heteroatoms. The van der Waals surface area contributed by atoms with Crippen molar-refractivity contribution in [3.8, 4) is 0 Å². The number of aryl methyl sites for hydroxylation is 1. The molecule has 2 rings (SSSR count). The Hall–Kier alpha value is 0.170. The highest BCUT2D eigenvalue weighted by molar-refractivity contribution is 9.11. The summed E-state index contributed by atoms with van der Waals surface area (Å²) in [5, 5.41) is -0.0749. The Kier molecular flexibility index (Phi) is 4.70. The monoisotopic (exact) mass is 392 g/mol. The summed E-state index contributed by atoms with van der Waals surface area (Å²) >= 11 is 15.3. The van der Waals surface area contributed by atoms with Crippen LogP contribution >= 0.6 is 54.8 Å². The lowest BCUT2D eigenvalue weighted by Crippen LogP contribution is -1.90. The summed E-state index contributed by atoms with van der Waals surface area (Å²) in [6.07, 6.45) is 1.07. The molecule has 0 fully saturated rings. The molecule has 90 valence electrons. The normalized spacial score (nSPS) is 12.7. The van der Waals surface area contributed by atoms with Crippen molar-refractivity contribution in [2.24, 2.45) is 0 Å². The summed E-state index contributed by atoms with van der Waals surface area (Å²) in [4.78, 5) is 2.58.